The number of hydrogen-bond acceptors (Lipinski definition) is 5. The minimum absolute atomic E-state index is 0.134. The molecule has 29 heavy (non-hydrogen) atoms. The third kappa shape index (κ3) is 3.67. The normalized spacial score (nSPS) is 11.8. The molecule has 2 heterocycles. The van der Waals surface area contributed by atoms with Crippen molar-refractivity contribution in [3.05, 3.63) is 65.7 Å². The monoisotopic (exact) mass is 426 g/mol. The van der Waals surface area contributed by atoms with Crippen molar-refractivity contribution >= 4 is 43.3 Å². The van der Waals surface area contributed by atoms with Gasteiger partial charge >= 0.3 is 0 Å². The van der Waals surface area contributed by atoms with Crippen LogP contribution in [0.15, 0.2) is 65.0 Å². The molecule has 2 aromatic heterocycles. The summed E-state index contributed by atoms with van der Waals surface area (Å²) in [4.78, 5) is 20.4. The van der Waals surface area contributed by atoms with Gasteiger partial charge in [-0.25, -0.2) is 17.7 Å². The quantitative estimate of drug-likeness (QED) is 0.507. The third-order valence-electron chi connectivity index (χ3n) is 4.48. The molecule has 1 amide bonds. The summed E-state index contributed by atoms with van der Waals surface area (Å²) < 4.78 is 25.4. The summed E-state index contributed by atoms with van der Waals surface area (Å²) in [5.74, 6) is -0.348. The molecule has 2 aromatic carbocycles. The molecule has 0 bridgehead atoms. The zero-order valence-electron chi connectivity index (χ0n) is 15.7. The van der Waals surface area contributed by atoms with Gasteiger partial charge in [-0.1, -0.05) is 18.2 Å². The maximum Gasteiger partial charge on any atom is 0.257 e. The smallest absolute Gasteiger partial charge is 0.257 e. The van der Waals surface area contributed by atoms with Crippen molar-refractivity contribution in [2.75, 3.05) is 19.4 Å². The Labute approximate surface area is 172 Å². The first kappa shape index (κ1) is 19.3. The molecule has 0 fully saturated rings. The van der Waals surface area contributed by atoms with Crippen LogP contribution in [-0.4, -0.2) is 42.7 Å². The minimum Gasteiger partial charge on any atom is -0.360 e. The van der Waals surface area contributed by atoms with Crippen molar-refractivity contribution in [1.82, 2.24) is 14.3 Å². The number of aromatic amines is 1. The number of carbonyl (C=O) groups is 1. The molecule has 4 rings (SSSR count). The highest BCUT2D eigenvalue weighted by Crippen LogP contribution is 2.31. The second-order valence-electron chi connectivity index (χ2n) is 6.55. The standard InChI is InChI=1S/C20H18N4O3S2/c1-24(2)29(26,27)14-9-7-13(8-10-14)19(25)23-20-22-18(12-28-20)16-11-21-17-6-4-3-5-15(16)17/h3-12,21H,1-2H3,(H,22,23,25). The Morgan fingerprint density at radius 2 is 1.83 bits per heavy atom. The molecule has 0 aliphatic carbocycles. The van der Waals surface area contributed by atoms with Gasteiger partial charge in [0.1, 0.15) is 0 Å². The predicted molar refractivity (Wildman–Crippen MR) is 115 cm³/mol. The van der Waals surface area contributed by atoms with Gasteiger partial charge in [0, 0.05) is 47.7 Å². The topological polar surface area (TPSA) is 95.2 Å². The molecule has 0 saturated carbocycles. The molecule has 9 heteroatoms. The molecule has 2 N–H and O–H groups in total. The average Bonchev–Trinajstić information content (AvgIpc) is 3.34. The number of anilines is 1. The molecule has 0 saturated heterocycles. The maximum absolute atomic E-state index is 12.5. The number of thiazole rings is 1. The summed E-state index contributed by atoms with van der Waals surface area (Å²) in [6.07, 6.45) is 1.90. The molecular weight excluding hydrogens is 408 g/mol. The molecule has 4 aromatic rings. The van der Waals surface area contributed by atoms with E-state index in [1.165, 1.54) is 49.7 Å². The van der Waals surface area contributed by atoms with Crippen molar-refractivity contribution < 1.29 is 13.2 Å². The zero-order valence-corrected chi connectivity index (χ0v) is 17.3. The number of sulfonamides is 1. The van der Waals surface area contributed by atoms with E-state index in [9.17, 15) is 13.2 Å². The van der Waals surface area contributed by atoms with Gasteiger partial charge in [-0.2, -0.15) is 0 Å². The van der Waals surface area contributed by atoms with Gasteiger partial charge < -0.3 is 4.98 Å². The second kappa shape index (κ2) is 7.43. The summed E-state index contributed by atoms with van der Waals surface area (Å²) in [6.45, 7) is 0. The lowest BCUT2D eigenvalue weighted by Gasteiger charge is -2.11. The number of para-hydroxylation sites is 1. The zero-order chi connectivity index (χ0) is 20.6. The SMILES string of the molecule is CN(C)S(=O)(=O)c1ccc(C(=O)Nc2nc(-c3c[nH]c4ccccc34)cs2)cc1. The van der Waals surface area contributed by atoms with Crippen molar-refractivity contribution in [3.8, 4) is 11.3 Å². The number of H-pyrrole nitrogens is 1. The fourth-order valence-electron chi connectivity index (χ4n) is 2.90. The minimum atomic E-state index is -3.53. The number of carbonyl (C=O) groups excluding carboxylic acids is 1. The summed E-state index contributed by atoms with van der Waals surface area (Å²) in [5.41, 5.74) is 3.12. The van der Waals surface area contributed by atoms with Gasteiger partial charge in [0.25, 0.3) is 5.91 Å². The van der Waals surface area contributed by atoms with E-state index in [4.69, 9.17) is 0 Å². The molecule has 0 spiro atoms. The number of amides is 1. The highest BCUT2D eigenvalue weighted by Gasteiger charge is 2.18. The number of fused-ring (bicyclic) bond motifs is 1. The van der Waals surface area contributed by atoms with E-state index in [1.807, 2.05) is 35.8 Å². The Bertz CT molecular complexity index is 1290. The number of benzene rings is 2. The van der Waals surface area contributed by atoms with Crippen LogP contribution in [-0.2, 0) is 10.0 Å². The van der Waals surface area contributed by atoms with E-state index in [2.05, 4.69) is 15.3 Å². The predicted octanol–water partition coefficient (Wildman–Crippen LogP) is 3.79. The van der Waals surface area contributed by atoms with Gasteiger partial charge in [0.05, 0.1) is 10.6 Å². The second-order valence-corrected chi connectivity index (χ2v) is 9.56. The number of rotatable bonds is 5. The van der Waals surface area contributed by atoms with Crippen LogP contribution in [0.1, 0.15) is 10.4 Å². The summed E-state index contributed by atoms with van der Waals surface area (Å²) in [6, 6.07) is 13.8. The van der Waals surface area contributed by atoms with Crippen LogP contribution in [0.4, 0.5) is 5.13 Å². The van der Waals surface area contributed by atoms with Gasteiger partial charge in [-0.05, 0) is 30.3 Å². The van der Waals surface area contributed by atoms with E-state index in [0.29, 0.717) is 10.7 Å². The number of aromatic nitrogens is 2. The van der Waals surface area contributed by atoms with Crippen LogP contribution < -0.4 is 5.32 Å². The van der Waals surface area contributed by atoms with Gasteiger partial charge in [-0.15, -0.1) is 11.3 Å². The molecular formula is C20H18N4O3S2. The van der Waals surface area contributed by atoms with Crippen LogP contribution >= 0.6 is 11.3 Å². The molecule has 0 aliphatic rings. The summed E-state index contributed by atoms with van der Waals surface area (Å²) in [5, 5.41) is 6.19. The van der Waals surface area contributed by atoms with E-state index < -0.39 is 10.0 Å². The largest absolute Gasteiger partial charge is 0.360 e. The highest BCUT2D eigenvalue weighted by molar-refractivity contribution is 7.89. The first-order valence-electron chi connectivity index (χ1n) is 8.72. The van der Waals surface area contributed by atoms with Crippen LogP contribution in [0, 0.1) is 0 Å². The van der Waals surface area contributed by atoms with Crippen LogP contribution in [0.25, 0.3) is 22.2 Å². The Morgan fingerprint density at radius 1 is 1.10 bits per heavy atom. The molecule has 0 aliphatic heterocycles. The maximum atomic E-state index is 12.5. The Hall–Kier alpha value is -3.01. The molecule has 0 unspecified atom stereocenters. The first-order valence-corrected chi connectivity index (χ1v) is 11.0. The molecule has 148 valence electrons. The number of nitrogens with one attached hydrogen (secondary N) is 2. The van der Waals surface area contributed by atoms with Crippen molar-refractivity contribution in [2.45, 2.75) is 4.90 Å². The lowest BCUT2D eigenvalue weighted by molar-refractivity contribution is 0.102. The van der Waals surface area contributed by atoms with E-state index in [-0.39, 0.29) is 10.8 Å². The molecule has 0 radical (unpaired) electrons. The van der Waals surface area contributed by atoms with Crippen LogP contribution in [0.2, 0.25) is 0 Å². The lowest BCUT2D eigenvalue weighted by Crippen LogP contribution is -2.22. The Kier molecular flexibility index (Phi) is 4.95. The van der Waals surface area contributed by atoms with Gasteiger partial charge in [0.15, 0.2) is 5.13 Å². The van der Waals surface area contributed by atoms with E-state index in [0.717, 1.165) is 26.5 Å². The fraction of sp³-hybridized carbons (Fsp3) is 0.100. The number of nitrogens with zero attached hydrogens (tertiary/aromatic N) is 2. The average molecular weight is 427 g/mol. The van der Waals surface area contributed by atoms with E-state index >= 15 is 0 Å². The first-order chi connectivity index (χ1) is 13.9. The van der Waals surface area contributed by atoms with Crippen LogP contribution in [0.3, 0.4) is 0 Å². The van der Waals surface area contributed by atoms with Gasteiger partial charge in [-0.3, -0.25) is 10.1 Å². The van der Waals surface area contributed by atoms with Crippen molar-refractivity contribution in [2.24, 2.45) is 0 Å². The van der Waals surface area contributed by atoms with Crippen LogP contribution in [0.5, 0.6) is 0 Å². The molecule has 7 nitrogen and oxygen atoms in total. The van der Waals surface area contributed by atoms with E-state index in [1.54, 1.807) is 0 Å². The Balaban J connectivity index is 1.52. The number of hydrogen-bond donors (Lipinski definition) is 2. The van der Waals surface area contributed by atoms with Crippen molar-refractivity contribution in [3.63, 3.8) is 0 Å². The summed E-state index contributed by atoms with van der Waals surface area (Å²) in [7, 11) is -0.606. The fourth-order valence-corrected chi connectivity index (χ4v) is 4.50. The lowest BCUT2D eigenvalue weighted by atomic mass is 10.1. The van der Waals surface area contributed by atoms with Crippen molar-refractivity contribution in [1.29, 1.82) is 0 Å². The Morgan fingerprint density at radius 3 is 2.55 bits per heavy atom. The highest BCUT2D eigenvalue weighted by atomic mass is 32.2. The summed E-state index contributed by atoms with van der Waals surface area (Å²) >= 11 is 1.33. The molecule has 0 atom stereocenters. The third-order valence-corrected chi connectivity index (χ3v) is 7.07. The van der Waals surface area contributed by atoms with Gasteiger partial charge in [0.2, 0.25) is 10.0 Å².